The van der Waals surface area contributed by atoms with Crippen LogP contribution in [0, 0.1) is 0 Å². The molecule has 1 atom stereocenters. The first kappa shape index (κ1) is 19.0. The first-order valence-corrected chi connectivity index (χ1v) is 7.71. The van der Waals surface area contributed by atoms with Gasteiger partial charge >= 0.3 is 12.0 Å². The third-order valence-corrected chi connectivity index (χ3v) is 3.27. The van der Waals surface area contributed by atoms with Crippen molar-refractivity contribution in [2.75, 3.05) is 52.5 Å². The molecule has 2 amide bonds. The van der Waals surface area contributed by atoms with Crippen molar-refractivity contribution in [3.8, 4) is 0 Å². The molecule has 0 saturated carbocycles. The maximum Gasteiger partial charge on any atom is 0.326 e. The first-order valence-electron chi connectivity index (χ1n) is 6.31. The fraction of sp³-hybridized carbons (Fsp3) is 0.833. The molecule has 0 aliphatic rings. The number of methoxy groups -OCH3 is 2. The molecule has 0 aromatic rings. The molecule has 0 aliphatic heterocycles. The van der Waals surface area contributed by atoms with Crippen LogP contribution in [0.3, 0.4) is 0 Å². The van der Waals surface area contributed by atoms with E-state index < -0.39 is 18.0 Å². The lowest BCUT2D eigenvalue weighted by Crippen LogP contribution is -2.49. The van der Waals surface area contributed by atoms with E-state index in [1.165, 1.54) is 4.90 Å². The Hall–Kier alpha value is -0.990. The fourth-order valence-electron chi connectivity index (χ4n) is 1.45. The number of carboxylic acid groups (broad SMARTS) is 1. The minimum absolute atomic E-state index is 0.389. The molecule has 7 nitrogen and oxygen atoms in total. The van der Waals surface area contributed by atoms with E-state index >= 15 is 0 Å². The zero-order valence-electron chi connectivity index (χ0n) is 12.3. The van der Waals surface area contributed by atoms with Gasteiger partial charge in [-0.25, -0.2) is 9.59 Å². The Kier molecular flexibility index (Phi) is 11.2. The van der Waals surface area contributed by atoms with Crippen molar-refractivity contribution in [1.29, 1.82) is 0 Å². The Morgan fingerprint density at radius 3 is 2.20 bits per heavy atom. The minimum Gasteiger partial charge on any atom is -0.480 e. The highest BCUT2D eigenvalue weighted by Gasteiger charge is 2.22. The molecule has 0 heterocycles. The summed E-state index contributed by atoms with van der Waals surface area (Å²) in [6.45, 7) is 1.56. The molecule has 0 saturated heterocycles. The summed E-state index contributed by atoms with van der Waals surface area (Å²) in [4.78, 5) is 24.7. The molecule has 20 heavy (non-hydrogen) atoms. The maximum atomic E-state index is 12.1. The van der Waals surface area contributed by atoms with E-state index in [0.29, 0.717) is 38.5 Å². The fourth-order valence-corrected chi connectivity index (χ4v) is 1.92. The molecular weight excluding hydrogens is 284 g/mol. The van der Waals surface area contributed by atoms with Gasteiger partial charge in [-0.1, -0.05) is 0 Å². The predicted octanol–water partition coefficient (Wildman–Crippen LogP) is 0.497. The lowest BCUT2D eigenvalue weighted by molar-refractivity contribution is -0.139. The van der Waals surface area contributed by atoms with Crippen LogP contribution >= 0.6 is 11.8 Å². The lowest BCUT2D eigenvalue weighted by atomic mass is 10.2. The molecule has 1 unspecified atom stereocenters. The number of carbonyl (C=O) groups is 2. The number of urea groups is 1. The highest BCUT2D eigenvalue weighted by atomic mass is 32.2. The predicted molar refractivity (Wildman–Crippen MR) is 78.3 cm³/mol. The average Bonchev–Trinajstić information content (AvgIpc) is 2.43. The van der Waals surface area contributed by atoms with Gasteiger partial charge in [0.2, 0.25) is 0 Å². The number of nitrogens with one attached hydrogen (secondary N) is 1. The van der Waals surface area contributed by atoms with Crippen molar-refractivity contribution in [3.05, 3.63) is 0 Å². The highest BCUT2D eigenvalue weighted by Crippen LogP contribution is 2.02. The summed E-state index contributed by atoms with van der Waals surface area (Å²) in [6, 6.07) is -1.28. The van der Waals surface area contributed by atoms with E-state index in [4.69, 9.17) is 14.6 Å². The van der Waals surface area contributed by atoms with Gasteiger partial charge in [-0.05, 0) is 18.4 Å². The maximum absolute atomic E-state index is 12.1. The van der Waals surface area contributed by atoms with E-state index in [-0.39, 0.29) is 0 Å². The van der Waals surface area contributed by atoms with Crippen LogP contribution in [0.25, 0.3) is 0 Å². The Bertz CT molecular complexity index is 283. The third kappa shape index (κ3) is 8.23. The number of thioether (sulfide) groups is 1. The zero-order valence-corrected chi connectivity index (χ0v) is 13.1. The summed E-state index contributed by atoms with van der Waals surface area (Å²) in [6.07, 6.45) is 2.29. The van der Waals surface area contributed by atoms with Gasteiger partial charge in [-0.2, -0.15) is 11.8 Å². The third-order valence-electron chi connectivity index (χ3n) is 2.62. The Morgan fingerprint density at radius 2 is 1.80 bits per heavy atom. The van der Waals surface area contributed by atoms with Gasteiger partial charge in [0.05, 0.1) is 13.2 Å². The van der Waals surface area contributed by atoms with Crippen LogP contribution in [0.2, 0.25) is 0 Å². The monoisotopic (exact) mass is 308 g/mol. The highest BCUT2D eigenvalue weighted by molar-refractivity contribution is 7.98. The van der Waals surface area contributed by atoms with Gasteiger partial charge in [0.1, 0.15) is 6.04 Å². The molecule has 118 valence electrons. The second-order valence-electron chi connectivity index (χ2n) is 4.09. The molecule has 0 aromatic heterocycles. The molecular formula is C12H24N2O5S. The van der Waals surface area contributed by atoms with E-state index in [1.807, 2.05) is 6.26 Å². The molecule has 0 fully saturated rings. The van der Waals surface area contributed by atoms with Crippen LogP contribution in [0.5, 0.6) is 0 Å². The standard InChI is InChI=1S/C12H24N2O5S/c1-18-7-5-14(6-8-19-2)12(17)13-10(11(15)16)4-9-20-3/h10H,4-9H2,1-3H3,(H,13,17)(H,15,16). The Labute approximate surface area is 124 Å². The van der Waals surface area contributed by atoms with Gasteiger partial charge < -0.3 is 24.8 Å². The van der Waals surface area contributed by atoms with Crippen LogP contribution in [0.4, 0.5) is 4.79 Å². The average molecular weight is 308 g/mol. The van der Waals surface area contributed by atoms with Crippen LogP contribution in [-0.2, 0) is 14.3 Å². The van der Waals surface area contributed by atoms with Gasteiger partial charge in [-0.15, -0.1) is 0 Å². The van der Waals surface area contributed by atoms with Crippen molar-refractivity contribution in [3.63, 3.8) is 0 Å². The molecule has 0 aliphatic carbocycles. The Morgan fingerprint density at radius 1 is 1.25 bits per heavy atom. The molecule has 0 radical (unpaired) electrons. The van der Waals surface area contributed by atoms with Gasteiger partial charge in [0, 0.05) is 27.3 Å². The van der Waals surface area contributed by atoms with Crippen LogP contribution < -0.4 is 5.32 Å². The van der Waals surface area contributed by atoms with Crippen molar-refractivity contribution in [1.82, 2.24) is 10.2 Å². The summed E-state index contributed by atoms with van der Waals surface area (Å²) >= 11 is 1.54. The topological polar surface area (TPSA) is 88.1 Å². The molecule has 0 spiro atoms. The number of rotatable bonds is 11. The Balaban J connectivity index is 4.47. The number of hydrogen-bond acceptors (Lipinski definition) is 5. The number of ether oxygens (including phenoxy) is 2. The second kappa shape index (κ2) is 11.8. The number of carbonyl (C=O) groups excluding carboxylic acids is 1. The smallest absolute Gasteiger partial charge is 0.326 e. The number of aliphatic carboxylic acids is 1. The summed E-state index contributed by atoms with van der Waals surface area (Å²) in [5.74, 6) is -0.348. The molecule has 0 rings (SSSR count). The van der Waals surface area contributed by atoms with Crippen LogP contribution in [0.1, 0.15) is 6.42 Å². The minimum atomic E-state index is -1.02. The van der Waals surface area contributed by atoms with E-state index in [9.17, 15) is 9.59 Å². The largest absolute Gasteiger partial charge is 0.480 e. The first-order chi connectivity index (χ1) is 9.56. The normalized spacial score (nSPS) is 11.9. The van der Waals surface area contributed by atoms with E-state index in [0.717, 1.165) is 0 Å². The SMILES string of the molecule is COCCN(CCOC)C(=O)NC(CCSC)C(=O)O. The molecule has 2 N–H and O–H groups in total. The second-order valence-corrected chi connectivity index (χ2v) is 5.08. The van der Waals surface area contributed by atoms with Crippen LogP contribution in [0.15, 0.2) is 0 Å². The van der Waals surface area contributed by atoms with Crippen molar-refractivity contribution >= 4 is 23.8 Å². The number of amides is 2. The quantitative estimate of drug-likeness (QED) is 0.578. The van der Waals surface area contributed by atoms with Gasteiger partial charge in [0.15, 0.2) is 0 Å². The van der Waals surface area contributed by atoms with Gasteiger partial charge in [0.25, 0.3) is 0 Å². The van der Waals surface area contributed by atoms with Crippen molar-refractivity contribution < 1.29 is 24.2 Å². The number of nitrogens with zero attached hydrogens (tertiary/aromatic N) is 1. The summed E-state index contributed by atoms with van der Waals surface area (Å²) in [5.41, 5.74) is 0. The molecule has 0 bridgehead atoms. The number of carboxylic acids is 1. The summed E-state index contributed by atoms with van der Waals surface area (Å²) in [7, 11) is 3.09. The van der Waals surface area contributed by atoms with Crippen LogP contribution in [-0.4, -0.2) is 80.6 Å². The lowest BCUT2D eigenvalue weighted by Gasteiger charge is -2.24. The van der Waals surface area contributed by atoms with E-state index in [2.05, 4.69) is 5.32 Å². The zero-order chi connectivity index (χ0) is 15.4. The molecule has 0 aromatic carbocycles. The van der Waals surface area contributed by atoms with Crippen molar-refractivity contribution in [2.24, 2.45) is 0 Å². The summed E-state index contributed by atoms with van der Waals surface area (Å²) in [5, 5.41) is 11.6. The van der Waals surface area contributed by atoms with Gasteiger partial charge in [-0.3, -0.25) is 0 Å². The summed E-state index contributed by atoms with van der Waals surface area (Å²) < 4.78 is 9.88. The number of hydrogen-bond donors (Lipinski definition) is 2. The molecule has 8 heteroatoms. The van der Waals surface area contributed by atoms with E-state index in [1.54, 1.807) is 26.0 Å². The van der Waals surface area contributed by atoms with Crippen molar-refractivity contribution in [2.45, 2.75) is 12.5 Å².